The van der Waals surface area contributed by atoms with Gasteiger partial charge in [-0.1, -0.05) is 42.1 Å². The van der Waals surface area contributed by atoms with Gasteiger partial charge in [0.25, 0.3) is 0 Å². The highest BCUT2D eigenvalue weighted by molar-refractivity contribution is 8.00. The lowest BCUT2D eigenvalue weighted by molar-refractivity contribution is -0.115. The van der Waals surface area contributed by atoms with Gasteiger partial charge in [-0.2, -0.15) is 0 Å². The van der Waals surface area contributed by atoms with Crippen LogP contribution in [-0.2, 0) is 17.6 Å². The molecule has 27 heavy (non-hydrogen) atoms. The lowest BCUT2D eigenvalue weighted by Gasteiger charge is -2.03. The summed E-state index contributed by atoms with van der Waals surface area (Å²) in [4.78, 5) is 34.5. The Kier molecular flexibility index (Phi) is 6.58. The topological polar surface area (TPSA) is 63.2 Å². The lowest BCUT2D eigenvalue weighted by atomic mass is 10.2. The smallest absolute Gasteiger partial charge is 0.209 e. The molecule has 1 aliphatic rings. The number of fused-ring (bicyclic) bond motifs is 3. The minimum atomic E-state index is 0.143. The van der Waals surface area contributed by atoms with E-state index >= 15 is 0 Å². The van der Waals surface area contributed by atoms with Gasteiger partial charge in [-0.15, -0.1) is 11.3 Å². The van der Waals surface area contributed by atoms with E-state index in [2.05, 4.69) is 9.97 Å². The second-order valence-electron chi connectivity index (χ2n) is 6.36. The molecule has 0 bridgehead atoms. The number of amides is 1. The summed E-state index contributed by atoms with van der Waals surface area (Å²) in [6, 6.07) is 9.44. The summed E-state index contributed by atoms with van der Waals surface area (Å²) in [6.07, 6.45) is 5.86. The van der Waals surface area contributed by atoms with Crippen molar-refractivity contribution in [2.45, 2.75) is 24.3 Å². The molecule has 4 rings (SSSR count). The van der Waals surface area contributed by atoms with Crippen LogP contribution in [0, 0.1) is 0 Å². The minimum Gasteiger partial charge on any atom is -0.351 e. The largest absolute Gasteiger partial charge is 0.351 e. The molecule has 0 saturated carbocycles. The van der Waals surface area contributed by atoms with Crippen LogP contribution in [0.25, 0.3) is 10.2 Å². The summed E-state index contributed by atoms with van der Waals surface area (Å²) in [5.41, 5.74) is 2.17. The van der Waals surface area contributed by atoms with Crippen LogP contribution in [0.4, 0.5) is 0 Å². The van der Waals surface area contributed by atoms with Gasteiger partial charge in [-0.05, 0) is 24.8 Å². The number of thioether (sulfide) groups is 1. The first-order valence-corrected chi connectivity index (χ1v) is 10.5. The number of rotatable bonds is 5. The van der Waals surface area contributed by atoms with Crippen LogP contribution in [0.1, 0.15) is 27.2 Å². The maximum absolute atomic E-state index is 12.3. The van der Waals surface area contributed by atoms with Gasteiger partial charge in [0.1, 0.15) is 16.2 Å². The van der Waals surface area contributed by atoms with Crippen molar-refractivity contribution in [1.29, 1.82) is 0 Å². The molecule has 0 N–H and O–H groups in total. The fourth-order valence-corrected chi connectivity index (χ4v) is 5.06. The van der Waals surface area contributed by atoms with Gasteiger partial charge in [-0.3, -0.25) is 9.59 Å². The Bertz CT molecular complexity index is 939. The summed E-state index contributed by atoms with van der Waals surface area (Å²) in [6.45, 7) is 0. The number of hydrogen-bond donors (Lipinski definition) is 0. The van der Waals surface area contributed by atoms with Crippen molar-refractivity contribution in [2.75, 3.05) is 19.8 Å². The molecule has 0 radical (unpaired) electrons. The number of ketones is 1. The first kappa shape index (κ1) is 19.5. The molecule has 1 amide bonds. The van der Waals surface area contributed by atoms with Crippen LogP contribution in [0.3, 0.4) is 0 Å². The Morgan fingerprint density at radius 3 is 2.67 bits per heavy atom. The third kappa shape index (κ3) is 4.73. The molecule has 2 heterocycles. The highest BCUT2D eigenvalue weighted by Gasteiger charge is 2.21. The zero-order chi connectivity index (χ0) is 19.2. The van der Waals surface area contributed by atoms with Gasteiger partial charge in [0.2, 0.25) is 6.41 Å². The standard InChI is InChI=1S/C17H14N2OS2.C3H7NO/c20-13(11-5-2-1-3-6-11)9-21-16-15-12-7-4-8-14(12)22-17(15)19-10-18-16;1-4(2)3-5/h1-3,5-6,10H,4,7-9H2;3H,1-2H3. The highest BCUT2D eigenvalue weighted by Crippen LogP contribution is 2.40. The summed E-state index contributed by atoms with van der Waals surface area (Å²) in [5, 5.41) is 2.14. The Labute approximate surface area is 166 Å². The molecule has 140 valence electrons. The van der Waals surface area contributed by atoms with E-state index in [1.54, 1.807) is 31.8 Å². The van der Waals surface area contributed by atoms with Gasteiger partial charge in [0.15, 0.2) is 5.78 Å². The maximum atomic E-state index is 12.3. The van der Waals surface area contributed by atoms with Crippen LogP contribution in [0.5, 0.6) is 0 Å². The number of nitrogens with zero attached hydrogens (tertiary/aromatic N) is 3. The molecule has 1 aliphatic carbocycles. The quantitative estimate of drug-likeness (QED) is 0.282. The van der Waals surface area contributed by atoms with E-state index in [0.29, 0.717) is 5.75 Å². The van der Waals surface area contributed by atoms with Crippen molar-refractivity contribution in [3.05, 3.63) is 52.7 Å². The summed E-state index contributed by atoms with van der Waals surface area (Å²) in [7, 11) is 3.38. The first-order valence-electron chi connectivity index (χ1n) is 8.68. The average molecular weight is 400 g/mol. The number of aryl methyl sites for hydroxylation is 2. The fraction of sp³-hybridized carbons (Fsp3) is 0.300. The van der Waals surface area contributed by atoms with Crippen molar-refractivity contribution in [2.24, 2.45) is 0 Å². The number of carbonyl (C=O) groups excluding carboxylic acids is 2. The molecule has 1 aromatic carbocycles. The lowest BCUT2D eigenvalue weighted by Crippen LogP contribution is -2.06. The second-order valence-corrected chi connectivity index (χ2v) is 8.41. The maximum Gasteiger partial charge on any atom is 0.209 e. The van der Waals surface area contributed by atoms with Crippen LogP contribution < -0.4 is 0 Å². The number of carbonyl (C=O) groups is 2. The third-order valence-corrected chi connectivity index (χ3v) is 6.30. The predicted molar refractivity (Wildman–Crippen MR) is 111 cm³/mol. The molecule has 0 aliphatic heterocycles. The molecule has 0 spiro atoms. The van der Waals surface area contributed by atoms with Crippen LogP contribution in [0.15, 0.2) is 41.7 Å². The normalized spacial score (nSPS) is 12.2. The highest BCUT2D eigenvalue weighted by atomic mass is 32.2. The minimum absolute atomic E-state index is 0.143. The molecule has 5 nitrogen and oxygen atoms in total. The average Bonchev–Trinajstić information content (AvgIpc) is 3.28. The molecule has 0 atom stereocenters. The van der Waals surface area contributed by atoms with E-state index in [1.165, 1.54) is 38.9 Å². The van der Waals surface area contributed by atoms with Crippen molar-refractivity contribution < 1.29 is 9.59 Å². The van der Waals surface area contributed by atoms with Crippen molar-refractivity contribution >= 4 is 45.5 Å². The van der Waals surface area contributed by atoms with E-state index in [1.807, 2.05) is 30.3 Å². The van der Waals surface area contributed by atoms with Crippen molar-refractivity contribution in [1.82, 2.24) is 14.9 Å². The number of Topliss-reactive ketones (excluding diaryl/α,β-unsaturated/α-hetero) is 1. The van der Waals surface area contributed by atoms with Gasteiger partial charge in [-0.25, -0.2) is 9.97 Å². The molecule has 0 saturated heterocycles. The predicted octanol–water partition coefficient (Wildman–Crippen LogP) is 3.86. The molecular weight excluding hydrogens is 378 g/mol. The van der Waals surface area contributed by atoms with Crippen molar-refractivity contribution in [3.63, 3.8) is 0 Å². The SMILES string of the molecule is CN(C)C=O.O=C(CSc1ncnc2sc3c(c12)CCC3)c1ccccc1. The van der Waals surface area contributed by atoms with E-state index < -0.39 is 0 Å². The molecule has 3 aromatic rings. The Morgan fingerprint density at radius 1 is 1.22 bits per heavy atom. The van der Waals surface area contributed by atoms with Crippen LogP contribution in [-0.4, -0.2) is 46.9 Å². The van der Waals surface area contributed by atoms with E-state index in [0.717, 1.165) is 34.7 Å². The van der Waals surface area contributed by atoms with Gasteiger partial charge < -0.3 is 4.90 Å². The number of benzene rings is 1. The van der Waals surface area contributed by atoms with Gasteiger partial charge >= 0.3 is 0 Å². The zero-order valence-corrected chi connectivity index (χ0v) is 17.0. The summed E-state index contributed by atoms with van der Waals surface area (Å²) < 4.78 is 0. The van der Waals surface area contributed by atoms with Gasteiger partial charge in [0, 0.05) is 29.9 Å². The number of thiophene rings is 1. The molecule has 2 aromatic heterocycles. The van der Waals surface area contributed by atoms with Crippen LogP contribution in [0.2, 0.25) is 0 Å². The van der Waals surface area contributed by atoms with Crippen LogP contribution >= 0.6 is 23.1 Å². The summed E-state index contributed by atoms with van der Waals surface area (Å²) in [5.74, 6) is 0.560. The molecule has 0 fully saturated rings. The number of aromatic nitrogens is 2. The molecular formula is C20H21N3O2S2. The van der Waals surface area contributed by atoms with E-state index in [-0.39, 0.29) is 5.78 Å². The van der Waals surface area contributed by atoms with Gasteiger partial charge in [0.05, 0.1) is 5.75 Å². The molecule has 0 unspecified atom stereocenters. The van der Waals surface area contributed by atoms with Crippen molar-refractivity contribution in [3.8, 4) is 0 Å². The Hall–Kier alpha value is -2.25. The Morgan fingerprint density at radius 2 is 1.96 bits per heavy atom. The first-order chi connectivity index (χ1) is 13.1. The monoisotopic (exact) mass is 399 g/mol. The fourth-order valence-electron chi connectivity index (χ4n) is 2.85. The number of hydrogen-bond acceptors (Lipinski definition) is 6. The summed E-state index contributed by atoms with van der Waals surface area (Å²) >= 11 is 3.31. The van der Waals surface area contributed by atoms with E-state index in [9.17, 15) is 9.59 Å². The second kappa shape index (κ2) is 9.10. The Balaban J connectivity index is 0.000000376. The zero-order valence-electron chi connectivity index (χ0n) is 15.3. The van der Waals surface area contributed by atoms with E-state index in [4.69, 9.17) is 0 Å². The third-order valence-electron chi connectivity index (χ3n) is 4.11. The molecule has 7 heteroatoms.